The Hall–Kier alpha value is -1.71. The second kappa shape index (κ2) is 4.76. The molecular weight excluding hydrogens is 280 g/mol. The van der Waals surface area contributed by atoms with Crippen LogP contribution in [0, 0.1) is 0 Å². The van der Waals surface area contributed by atoms with Crippen LogP contribution in [0.1, 0.15) is 5.56 Å². The maximum atomic E-state index is 11.1. The first-order chi connectivity index (χ1) is 9.15. The van der Waals surface area contributed by atoms with E-state index in [2.05, 4.69) is 6.58 Å². The molecule has 0 atom stereocenters. The molecule has 0 saturated carbocycles. The van der Waals surface area contributed by atoms with Gasteiger partial charge in [0.05, 0.1) is 9.79 Å². The summed E-state index contributed by atoms with van der Waals surface area (Å²) in [4.78, 5) is 13.1. The van der Waals surface area contributed by atoms with Crippen molar-refractivity contribution in [3.8, 4) is 11.5 Å². The molecule has 0 radical (unpaired) electrons. The SMILES string of the molecule is C=C(C(=O)Cl)c1ccc2c(c1)Sc1ccccc1O2. The maximum absolute atomic E-state index is 11.1. The van der Waals surface area contributed by atoms with Crippen LogP contribution in [0.5, 0.6) is 11.5 Å². The number of carbonyl (C=O) groups excluding carboxylic acids is 1. The minimum atomic E-state index is -0.540. The number of halogens is 1. The minimum absolute atomic E-state index is 0.295. The summed E-state index contributed by atoms with van der Waals surface area (Å²) in [6.45, 7) is 3.69. The van der Waals surface area contributed by atoms with Crippen molar-refractivity contribution in [3.05, 3.63) is 54.6 Å². The highest BCUT2D eigenvalue weighted by molar-refractivity contribution is 7.99. The summed E-state index contributed by atoms with van der Waals surface area (Å²) < 4.78 is 5.80. The molecule has 0 aliphatic carbocycles. The second-order valence-electron chi connectivity index (χ2n) is 4.06. The Labute approximate surface area is 120 Å². The number of ether oxygens (including phenoxy) is 1. The van der Waals surface area contributed by atoms with E-state index in [4.69, 9.17) is 16.3 Å². The van der Waals surface area contributed by atoms with E-state index in [0.717, 1.165) is 21.3 Å². The lowest BCUT2D eigenvalue weighted by atomic mass is 10.1. The molecule has 2 aromatic carbocycles. The van der Waals surface area contributed by atoms with Gasteiger partial charge in [-0.15, -0.1) is 0 Å². The molecule has 0 saturated heterocycles. The van der Waals surface area contributed by atoms with Gasteiger partial charge in [0.15, 0.2) is 0 Å². The van der Waals surface area contributed by atoms with E-state index in [9.17, 15) is 4.79 Å². The summed E-state index contributed by atoms with van der Waals surface area (Å²) in [5, 5.41) is -0.540. The first-order valence-electron chi connectivity index (χ1n) is 5.63. The van der Waals surface area contributed by atoms with E-state index in [-0.39, 0.29) is 0 Å². The average molecular weight is 289 g/mol. The van der Waals surface area contributed by atoms with Crippen molar-refractivity contribution in [2.45, 2.75) is 9.79 Å². The molecule has 0 bridgehead atoms. The second-order valence-corrected chi connectivity index (χ2v) is 5.49. The van der Waals surface area contributed by atoms with E-state index in [1.807, 2.05) is 36.4 Å². The van der Waals surface area contributed by atoms with Gasteiger partial charge < -0.3 is 4.74 Å². The van der Waals surface area contributed by atoms with Crippen LogP contribution in [0.2, 0.25) is 0 Å². The summed E-state index contributed by atoms with van der Waals surface area (Å²) in [5.74, 6) is 1.63. The molecule has 1 heterocycles. The van der Waals surface area contributed by atoms with Gasteiger partial charge in [-0.3, -0.25) is 4.79 Å². The van der Waals surface area contributed by atoms with Crippen molar-refractivity contribution in [1.82, 2.24) is 0 Å². The summed E-state index contributed by atoms with van der Waals surface area (Å²) in [6, 6.07) is 13.3. The van der Waals surface area contributed by atoms with Crippen molar-refractivity contribution < 1.29 is 9.53 Å². The molecule has 0 fully saturated rings. The third-order valence-electron chi connectivity index (χ3n) is 2.82. The number of allylic oxidation sites excluding steroid dienone is 1. The molecule has 3 rings (SSSR count). The number of carbonyl (C=O) groups is 1. The minimum Gasteiger partial charge on any atom is -0.455 e. The lowest BCUT2D eigenvalue weighted by Gasteiger charge is -2.19. The Balaban J connectivity index is 2.01. The van der Waals surface area contributed by atoms with Gasteiger partial charge in [0.1, 0.15) is 11.5 Å². The molecule has 0 aromatic heterocycles. The van der Waals surface area contributed by atoms with Crippen molar-refractivity contribution in [2.75, 3.05) is 0 Å². The van der Waals surface area contributed by atoms with E-state index >= 15 is 0 Å². The molecule has 1 aliphatic heterocycles. The maximum Gasteiger partial charge on any atom is 0.252 e. The first kappa shape index (κ1) is 12.3. The third-order valence-corrected chi connectivity index (χ3v) is 4.14. The summed E-state index contributed by atoms with van der Waals surface area (Å²) in [7, 11) is 0. The fourth-order valence-corrected chi connectivity index (χ4v) is 2.93. The van der Waals surface area contributed by atoms with Gasteiger partial charge in [-0.25, -0.2) is 0 Å². The van der Waals surface area contributed by atoms with Crippen LogP contribution >= 0.6 is 23.4 Å². The molecule has 1 aliphatic rings. The van der Waals surface area contributed by atoms with Gasteiger partial charge in [0.2, 0.25) is 0 Å². The van der Waals surface area contributed by atoms with Gasteiger partial charge in [-0.2, -0.15) is 0 Å². The first-order valence-corrected chi connectivity index (χ1v) is 6.82. The highest BCUT2D eigenvalue weighted by Crippen LogP contribution is 2.47. The fourth-order valence-electron chi connectivity index (χ4n) is 1.83. The molecule has 2 nitrogen and oxygen atoms in total. The van der Waals surface area contributed by atoms with Crippen LogP contribution in [0.3, 0.4) is 0 Å². The monoisotopic (exact) mass is 288 g/mol. The molecule has 2 aromatic rings. The summed E-state index contributed by atoms with van der Waals surface area (Å²) in [5.41, 5.74) is 1.01. The molecule has 0 spiro atoms. The fraction of sp³-hybridized carbons (Fsp3) is 0. The van der Waals surface area contributed by atoms with E-state index in [1.165, 1.54) is 0 Å². The highest BCUT2D eigenvalue weighted by atomic mass is 35.5. The third kappa shape index (κ3) is 2.27. The van der Waals surface area contributed by atoms with Crippen LogP contribution < -0.4 is 4.74 Å². The predicted octanol–water partition coefficient (Wildman–Crippen LogP) is 4.72. The zero-order valence-corrected chi connectivity index (χ0v) is 11.4. The van der Waals surface area contributed by atoms with Crippen LogP contribution in [0.25, 0.3) is 5.57 Å². The number of benzene rings is 2. The zero-order chi connectivity index (χ0) is 13.4. The highest BCUT2D eigenvalue weighted by Gasteiger charge is 2.18. The van der Waals surface area contributed by atoms with Crippen LogP contribution in [-0.2, 0) is 4.79 Å². The number of fused-ring (bicyclic) bond motifs is 2. The number of hydrogen-bond donors (Lipinski definition) is 0. The topological polar surface area (TPSA) is 26.3 Å². The molecule has 94 valence electrons. The van der Waals surface area contributed by atoms with Gasteiger partial charge in [-0.1, -0.05) is 36.5 Å². The molecule has 0 unspecified atom stereocenters. The molecule has 4 heteroatoms. The van der Waals surface area contributed by atoms with E-state index in [0.29, 0.717) is 11.1 Å². The van der Waals surface area contributed by atoms with Crippen LogP contribution in [0.15, 0.2) is 58.8 Å². The Morgan fingerprint density at radius 3 is 2.63 bits per heavy atom. The Kier molecular flexibility index (Phi) is 3.09. The van der Waals surface area contributed by atoms with Crippen LogP contribution in [0.4, 0.5) is 0 Å². The number of para-hydroxylation sites is 1. The molecule has 0 amide bonds. The van der Waals surface area contributed by atoms with E-state index < -0.39 is 5.24 Å². The van der Waals surface area contributed by atoms with Crippen molar-refractivity contribution >= 4 is 34.2 Å². The summed E-state index contributed by atoms with van der Waals surface area (Å²) in [6.07, 6.45) is 0. The lowest BCUT2D eigenvalue weighted by Crippen LogP contribution is -1.97. The Morgan fingerprint density at radius 1 is 1.11 bits per heavy atom. The van der Waals surface area contributed by atoms with Crippen molar-refractivity contribution in [1.29, 1.82) is 0 Å². The van der Waals surface area contributed by atoms with Crippen molar-refractivity contribution in [3.63, 3.8) is 0 Å². The van der Waals surface area contributed by atoms with E-state index in [1.54, 1.807) is 17.8 Å². The number of hydrogen-bond acceptors (Lipinski definition) is 3. The Bertz CT molecular complexity index is 694. The quantitative estimate of drug-likeness (QED) is 0.504. The standard InChI is InChI=1S/C15H9ClO2S/c1-9(15(16)17)10-6-7-12-14(8-10)19-13-5-3-2-4-11(13)18-12/h2-8H,1H2. The Morgan fingerprint density at radius 2 is 1.84 bits per heavy atom. The zero-order valence-electron chi connectivity index (χ0n) is 9.85. The molecule has 19 heavy (non-hydrogen) atoms. The predicted molar refractivity (Wildman–Crippen MR) is 77.0 cm³/mol. The van der Waals surface area contributed by atoms with Gasteiger partial charge in [-0.05, 0) is 41.4 Å². The smallest absolute Gasteiger partial charge is 0.252 e. The van der Waals surface area contributed by atoms with Crippen LogP contribution in [-0.4, -0.2) is 5.24 Å². The summed E-state index contributed by atoms with van der Waals surface area (Å²) >= 11 is 7.06. The van der Waals surface area contributed by atoms with Crippen molar-refractivity contribution in [2.24, 2.45) is 0 Å². The molecular formula is C15H9ClO2S. The number of rotatable bonds is 2. The normalized spacial score (nSPS) is 12.1. The molecule has 0 N–H and O–H groups in total. The van der Waals surface area contributed by atoms with Gasteiger partial charge >= 0.3 is 0 Å². The largest absolute Gasteiger partial charge is 0.455 e. The van der Waals surface area contributed by atoms with Gasteiger partial charge in [0.25, 0.3) is 5.24 Å². The van der Waals surface area contributed by atoms with Gasteiger partial charge in [0, 0.05) is 5.57 Å². The lowest BCUT2D eigenvalue weighted by molar-refractivity contribution is -0.106. The average Bonchev–Trinajstić information content (AvgIpc) is 2.43.